The molecule has 2 aromatic carbocycles. The maximum Gasteiger partial charge on any atom is 0.286 e. The highest BCUT2D eigenvalue weighted by molar-refractivity contribution is 9.10. The number of rotatable bonds is 5. The molecule has 7 heteroatoms. The van der Waals surface area contributed by atoms with Gasteiger partial charge in [-0.3, -0.25) is 4.79 Å². The van der Waals surface area contributed by atoms with E-state index in [0.717, 1.165) is 46.7 Å². The summed E-state index contributed by atoms with van der Waals surface area (Å²) in [5.41, 5.74) is 1.95. The number of hydrogen-bond acceptors (Lipinski definition) is 5. The van der Waals surface area contributed by atoms with Gasteiger partial charge in [0.1, 0.15) is 6.61 Å². The maximum atomic E-state index is 12.3. The van der Waals surface area contributed by atoms with Gasteiger partial charge < -0.3 is 14.4 Å². The molecule has 4 rings (SSSR count). The van der Waals surface area contributed by atoms with E-state index in [9.17, 15) is 4.79 Å². The van der Waals surface area contributed by atoms with Gasteiger partial charge in [0.25, 0.3) is 5.91 Å². The molecule has 0 saturated carbocycles. The third-order valence-corrected chi connectivity index (χ3v) is 6.35. The lowest BCUT2D eigenvalue weighted by Gasteiger charge is -2.14. The van der Waals surface area contributed by atoms with Crippen molar-refractivity contribution in [3.05, 3.63) is 63.0 Å². The number of ether oxygens (including phenoxy) is 2. The van der Waals surface area contributed by atoms with Crippen LogP contribution in [0.2, 0.25) is 0 Å². The number of benzene rings is 2. The number of carbonyl (C=O) groups excluding carboxylic acids is 1. The van der Waals surface area contributed by atoms with E-state index in [1.807, 2.05) is 48.5 Å². The number of nitrogens with zero attached hydrogens (tertiary/aromatic N) is 2. The second-order valence-corrected chi connectivity index (χ2v) is 8.75. The van der Waals surface area contributed by atoms with E-state index >= 15 is 0 Å². The Morgan fingerprint density at radius 2 is 1.90 bits per heavy atom. The number of carbonyl (C=O) groups is 1. The SMILES string of the molecule is COc1cc(/C=C2/SC(N3CCCC3)=NC2=O)ccc1OCc1ccc(Br)cc1. The number of thioether (sulfide) groups is 1. The average molecular weight is 473 g/mol. The Morgan fingerprint density at radius 1 is 1.14 bits per heavy atom. The molecule has 1 amide bonds. The van der Waals surface area contributed by atoms with Crippen LogP contribution in [0.5, 0.6) is 11.5 Å². The zero-order valence-electron chi connectivity index (χ0n) is 16.1. The maximum absolute atomic E-state index is 12.3. The molecular formula is C22H21BrN2O3S. The number of likely N-dealkylation sites (tertiary alicyclic amines) is 1. The molecule has 0 aromatic heterocycles. The molecular weight excluding hydrogens is 452 g/mol. The molecule has 0 unspecified atom stereocenters. The minimum atomic E-state index is -0.175. The molecule has 2 aromatic rings. The highest BCUT2D eigenvalue weighted by Gasteiger charge is 2.27. The quantitative estimate of drug-likeness (QED) is 0.566. The van der Waals surface area contributed by atoms with E-state index < -0.39 is 0 Å². The van der Waals surface area contributed by atoms with E-state index in [4.69, 9.17) is 9.47 Å². The lowest BCUT2D eigenvalue weighted by atomic mass is 10.2. The van der Waals surface area contributed by atoms with Gasteiger partial charge in [-0.2, -0.15) is 4.99 Å². The summed E-state index contributed by atoms with van der Waals surface area (Å²) >= 11 is 4.88. The summed E-state index contributed by atoms with van der Waals surface area (Å²) in [5.74, 6) is 1.12. The van der Waals surface area contributed by atoms with Crippen molar-refractivity contribution in [1.29, 1.82) is 0 Å². The normalized spacial score (nSPS) is 17.7. The monoisotopic (exact) mass is 472 g/mol. The first-order chi connectivity index (χ1) is 14.1. The lowest BCUT2D eigenvalue weighted by molar-refractivity contribution is -0.113. The van der Waals surface area contributed by atoms with Gasteiger partial charge in [0.05, 0.1) is 12.0 Å². The molecule has 1 fully saturated rings. The predicted molar refractivity (Wildman–Crippen MR) is 120 cm³/mol. The van der Waals surface area contributed by atoms with Gasteiger partial charge in [-0.25, -0.2) is 0 Å². The van der Waals surface area contributed by atoms with Crippen LogP contribution < -0.4 is 9.47 Å². The van der Waals surface area contributed by atoms with Crippen LogP contribution in [0.3, 0.4) is 0 Å². The zero-order valence-corrected chi connectivity index (χ0v) is 18.5. The number of methoxy groups -OCH3 is 1. The van der Waals surface area contributed by atoms with Crippen LogP contribution in [0.1, 0.15) is 24.0 Å². The first-order valence-electron chi connectivity index (χ1n) is 9.45. The standard InChI is InChI=1S/C22H21BrN2O3S/c1-27-19-12-16(6-9-18(19)28-14-15-4-7-17(23)8-5-15)13-20-21(26)24-22(29-20)25-10-2-3-11-25/h4-9,12-13H,2-3,10-11,14H2,1H3/b20-13+. The Labute approximate surface area is 182 Å². The third kappa shape index (κ3) is 4.85. The lowest BCUT2D eigenvalue weighted by Crippen LogP contribution is -2.23. The topological polar surface area (TPSA) is 51.1 Å². The summed E-state index contributed by atoms with van der Waals surface area (Å²) in [6.07, 6.45) is 4.18. The van der Waals surface area contributed by atoms with Crippen molar-refractivity contribution >= 4 is 44.8 Å². The first-order valence-corrected chi connectivity index (χ1v) is 11.1. The molecule has 2 aliphatic heterocycles. The Kier molecular flexibility index (Phi) is 6.25. The van der Waals surface area contributed by atoms with Crippen LogP contribution in [0.4, 0.5) is 0 Å². The molecule has 150 valence electrons. The van der Waals surface area contributed by atoms with E-state index in [0.29, 0.717) is 23.0 Å². The van der Waals surface area contributed by atoms with Crippen LogP contribution in [0, 0.1) is 0 Å². The Balaban J connectivity index is 1.45. The minimum absolute atomic E-state index is 0.175. The molecule has 0 N–H and O–H groups in total. The van der Waals surface area contributed by atoms with Crippen molar-refractivity contribution in [1.82, 2.24) is 4.90 Å². The van der Waals surface area contributed by atoms with Crippen molar-refractivity contribution in [2.45, 2.75) is 19.4 Å². The van der Waals surface area contributed by atoms with Gasteiger partial charge in [0.15, 0.2) is 16.7 Å². The summed E-state index contributed by atoms with van der Waals surface area (Å²) in [6.45, 7) is 2.40. The number of halogens is 1. The zero-order chi connectivity index (χ0) is 20.2. The fraction of sp³-hybridized carbons (Fsp3) is 0.273. The molecule has 2 heterocycles. The van der Waals surface area contributed by atoms with Gasteiger partial charge in [-0.05, 0) is 66.1 Å². The molecule has 29 heavy (non-hydrogen) atoms. The van der Waals surface area contributed by atoms with E-state index in [-0.39, 0.29) is 5.91 Å². The molecule has 1 saturated heterocycles. The van der Waals surface area contributed by atoms with E-state index in [2.05, 4.69) is 25.8 Å². The molecule has 2 aliphatic rings. The second-order valence-electron chi connectivity index (χ2n) is 6.83. The summed E-state index contributed by atoms with van der Waals surface area (Å²) in [7, 11) is 1.61. The Bertz CT molecular complexity index is 967. The van der Waals surface area contributed by atoms with E-state index in [1.54, 1.807) is 7.11 Å². The highest BCUT2D eigenvalue weighted by atomic mass is 79.9. The number of hydrogen-bond donors (Lipinski definition) is 0. The van der Waals surface area contributed by atoms with Gasteiger partial charge >= 0.3 is 0 Å². The van der Waals surface area contributed by atoms with E-state index in [1.165, 1.54) is 11.8 Å². The smallest absolute Gasteiger partial charge is 0.286 e. The predicted octanol–water partition coefficient (Wildman–Crippen LogP) is 5.10. The van der Waals surface area contributed by atoms with Crippen molar-refractivity contribution < 1.29 is 14.3 Å². The third-order valence-electron chi connectivity index (χ3n) is 4.78. The molecule has 5 nitrogen and oxygen atoms in total. The number of amidine groups is 1. The molecule has 0 aliphatic carbocycles. The fourth-order valence-corrected chi connectivity index (χ4v) is 4.46. The Morgan fingerprint density at radius 3 is 2.62 bits per heavy atom. The van der Waals surface area contributed by atoms with Crippen molar-refractivity contribution in [2.24, 2.45) is 4.99 Å². The molecule has 0 spiro atoms. The summed E-state index contributed by atoms with van der Waals surface area (Å²) in [5, 5.41) is 0.820. The van der Waals surface area contributed by atoms with Crippen LogP contribution >= 0.6 is 27.7 Å². The largest absolute Gasteiger partial charge is 0.493 e. The molecule has 0 radical (unpaired) electrons. The van der Waals surface area contributed by atoms with Gasteiger partial charge in [0, 0.05) is 17.6 Å². The van der Waals surface area contributed by atoms with Crippen LogP contribution in [-0.2, 0) is 11.4 Å². The van der Waals surface area contributed by atoms with Gasteiger partial charge in [-0.1, -0.05) is 34.1 Å². The average Bonchev–Trinajstić information content (AvgIpc) is 3.38. The van der Waals surface area contributed by atoms with Gasteiger partial charge in [0.2, 0.25) is 0 Å². The van der Waals surface area contributed by atoms with Crippen molar-refractivity contribution in [3.63, 3.8) is 0 Å². The van der Waals surface area contributed by atoms with Crippen molar-refractivity contribution in [2.75, 3.05) is 20.2 Å². The van der Waals surface area contributed by atoms with Crippen LogP contribution in [-0.4, -0.2) is 36.2 Å². The summed E-state index contributed by atoms with van der Waals surface area (Å²) in [6, 6.07) is 13.7. The Hall–Kier alpha value is -2.25. The fourth-order valence-electron chi connectivity index (χ4n) is 3.23. The second kappa shape index (κ2) is 9.05. The minimum Gasteiger partial charge on any atom is -0.493 e. The first kappa shape index (κ1) is 20.0. The summed E-state index contributed by atoms with van der Waals surface area (Å²) < 4.78 is 12.5. The molecule has 0 atom stereocenters. The van der Waals surface area contributed by atoms with Crippen molar-refractivity contribution in [3.8, 4) is 11.5 Å². The van der Waals surface area contributed by atoms with Gasteiger partial charge in [-0.15, -0.1) is 0 Å². The number of amides is 1. The van der Waals surface area contributed by atoms with Crippen LogP contribution in [0.15, 0.2) is 56.8 Å². The van der Waals surface area contributed by atoms with Crippen LogP contribution in [0.25, 0.3) is 6.08 Å². The number of aliphatic imine (C=N–C) groups is 1. The molecule has 0 bridgehead atoms. The summed E-state index contributed by atoms with van der Waals surface area (Å²) in [4.78, 5) is 19.3. The highest BCUT2D eigenvalue weighted by Crippen LogP contribution is 2.34.